The van der Waals surface area contributed by atoms with Gasteiger partial charge in [0.2, 0.25) is 0 Å². The maximum atomic E-state index is 3.76. The van der Waals surface area contributed by atoms with Crippen molar-refractivity contribution in [3.63, 3.8) is 0 Å². The van der Waals surface area contributed by atoms with E-state index in [0.717, 1.165) is 18.4 Å². The van der Waals surface area contributed by atoms with E-state index in [1.807, 2.05) is 11.3 Å². The molecule has 1 aliphatic rings. The smallest absolute Gasteiger partial charge is 0.0143 e. The van der Waals surface area contributed by atoms with Crippen molar-refractivity contribution < 1.29 is 0 Å². The van der Waals surface area contributed by atoms with Gasteiger partial charge in [0, 0.05) is 10.9 Å². The van der Waals surface area contributed by atoms with Crippen LogP contribution in [0, 0.1) is 11.8 Å². The van der Waals surface area contributed by atoms with Crippen molar-refractivity contribution in [3.05, 3.63) is 22.4 Å². The molecule has 2 rings (SSSR count). The number of likely N-dealkylation sites (N-methyl/N-ethyl adjacent to an activating group) is 1. The Labute approximate surface area is 129 Å². The molecule has 0 radical (unpaired) electrons. The first kappa shape index (κ1) is 16.0. The molecular weight excluding hydrogens is 262 g/mol. The van der Waals surface area contributed by atoms with Gasteiger partial charge < -0.3 is 5.32 Å². The van der Waals surface area contributed by atoms with E-state index in [0.29, 0.717) is 6.04 Å². The van der Waals surface area contributed by atoms with Crippen LogP contribution in [0.25, 0.3) is 0 Å². The van der Waals surface area contributed by atoms with Crippen LogP contribution >= 0.6 is 11.3 Å². The van der Waals surface area contributed by atoms with E-state index in [-0.39, 0.29) is 0 Å². The van der Waals surface area contributed by atoms with Crippen LogP contribution in [0.1, 0.15) is 63.7 Å². The molecule has 1 nitrogen and oxygen atoms in total. The number of hydrogen-bond acceptors (Lipinski definition) is 2. The first-order valence-corrected chi connectivity index (χ1v) is 9.47. The van der Waals surface area contributed by atoms with E-state index in [1.165, 1.54) is 51.4 Å². The molecule has 1 aromatic rings. The summed E-state index contributed by atoms with van der Waals surface area (Å²) in [6.07, 6.45) is 11.3. The SMILES string of the molecule is CCCCC1CCC(C(Cc2cccs2)NCC)CC1. The average molecular weight is 294 g/mol. The van der Waals surface area contributed by atoms with Gasteiger partial charge in [-0.05, 0) is 49.1 Å². The Bertz CT molecular complexity index is 338. The van der Waals surface area contributed by atoms with E-state index in [1.54, 1.807) is 4.88 Å². The third kappa shape index (κ3) is 4.89. The van der Waals surface area contributed by atoms with Crippen LogP contribution in [0.4, 0.5) is 0 Å². The fourth-order valence-corrected chi connectivity index (χ4v) is 4.45. The second-order valence-electron chi connectivity index (χ2n) is 6.37. The highest BCUT2D eigenvalue weighted by Crippen LogP contribution is 2.34. The van der Waals surface area contributed by atoms with Crippen LogP contribution in [-0.4, -0.2) is 12.6 Å². The number of nitrogens with one attached hydrogen (secondary N) is 1. The van der Waals surface area contributed by atoms with E-state index < -0.39 is 0 Å². The minimum atomic E-state index is 0.700. The summed E-state index contributed by atoms with van der Waals surface area (Å²) in [4.78, 5) is 1.55. The lowest BCUT2D eigenvalue weighted by molar-refractivity contribution is 0.213. The van der Waals surface area contributed by atoms with Crippen molar-refractivity contribution in [1.29, 1.82) is 0 Å². The largest absolute Gasteiger partial charge is 0.314 e. The third-order valence-electron chi connectivity index (χ3n) is 4.89. The minimum absolute atomic E-state index is 0.700. The summed E-state index contributed by atoms with van der Waals surface area (Å²) in [5.74, 6) is 1.92. The van der Waals surface area contributed by atoms with Crippen LogP contribution in [0.5, 0.6) is 0 Å². The summed E-state index contributed by atoms with van der Waals surface area (Å²) in [6, 6.07) is 5.18. The molecule has 0 amide bonds. The normalized spacial score (nSPS) is 24.7. The predicted molar refractivity (Wildman–Crippen MR) is 90.5 cm³/mol. The molecule has 1 N–H and O–H groups in total. The summed E-state index contributed by atoms with van der Waals surface area (Å²) in [5.41, 5.74) is 0. The number of unbranched alkanes of at least 4 members (excludes halogenated alkanes) is 1. The molecule has 1 aromatic heterocycles. The van der Waals surface area contributed by atoms with E-state index in [4.69, 9.17) is 0 Å². The molecule has 1 atom stereocenters. The number of rotatable bonds is 8. The van der Waals surface area contributed by atoms with Crippen molar-refractivity contribution >= 4 is 11.3 Å². The highest BCUT2D eigenvalue weighted by atomic mass is 32.1. The van der Waals surface area contributed by atoms with Gasteiger partial charge in [-0.25, -0.2) is 0 Å². The lowest BCUT2D eigenvalue weighted by atomic mass is 9.76. The highest BCUT2D eigenvalue weighted by molar-refractivity contribution is 7.09. The van der Waals surface area contributed by atoms with Gasteiger partial charge in [0.1, 0.15) is 0 Å². The molecule has 0 aromatic carbocycles. The van der Waals surface area contributed by atoms with Crippen molar-refractivity contribution in [1.82, 2.24) is 5.32 Å². The summed E-state index contributed by atoms with van der Waals surface area (Å²) in [6.45, 7) is 5.66. The summed E-state index contributed by atoms with van der Waals surface area (Å²) < 4.78 is 0. The van der Waals surface area contributed by atoms with Crippen molar-refractivity contribution in [3.8, 4) is 0 Å². The van der Waals surface area contributed by atoms with Gasteiger partial charge in [-0.2, -0.15) is 0 Å². The van der Waals surface area contributed by atoms with E-state index in [2.05, 4.69) is 36.7 Å². The summed E-state index contributed by atoms with van der Waals surface area (Å²) >= 11 is 1.91. The van der Waals surface area contributed by atoms with Gasteiger partial charge >= 0.3 is 0 Å². The Kier molecular flexibility index (Phi) is 7.09. The second kappa shape index (κ2) is 8.84. The van der Waals surface area contributed by atoms with Crippen LogP contribution in [0.3, 0.4) is 0 Å². The first-order chi connectivity index (χ1) is 9.83. The molecule has 0 aliphatic heterocycles. The number of hydrogen-bond donors (Lipinski definition) is 1. The molecule has 0 spiro atoms. The highest BCUT2D eigenvalue weighted by Gasteiger charge is 2.27. The van der Waals surface area contributed by atoms with Gasteiger partial charge in [0.05, 0.1) is 0 Å². The van der Waals surface area contributed by atoms with Crippen LogP contribution in [-0.2, 0) is 6.42 Å². The maximum absolute atomic E-state index is 3.76. The molecule has 1 unspecified atom stereocenters. The first-order valence-electron chi connectivity index (χ1n) is 8.59. The molecule has 1 saturated carbocycles. The monoisotopic (exact) mass is 293 g/mol. The zero-order valence-corrected chi connectivity index (χ0v) is 14.1. The van der Waals surface area contributed by atoms with Gasteiger partial charge in [-0.1, -0.05) is 52.0 Å². The summed E-state index contributed by atoms with van der Waals surface area (Å²) in [5, 5.41) is 5.96. The summed E-state index contributed by atoms with van der Waals surface area (Å²) in [7, 11) is 0. The van der Waals surface area contributed by atoms with Crippen molar-refractivity contribution in [2.75, 3.05) is 6.54 Å². The molecule has 1 aliphatic carbocycles. The fourth-order valence-electron chi connectivity index (χ4n) is 3.69. The minimum Gasteiger partial charge on any atom is -0.314 e. The Hall–Kier alpha value is -0.340. The Morgan fingerprint density at radius 2 is 2.05 bits per heavy atom. The van der Waals surface area contributed by atoms with E-state index >= 15 is 0 Å². The molecular formula is C18H31NS. The zero-order valence-electron chi connectivity index (χ0n) is 13.2. The third-order valence-corrected chi connectivity index (χ3v) is 5.79. The van der Waals surface area contributed by atoms with Gasteiger partial charge in [0.15, 0.2) is 0 Å². The van der Waals surface area contributed by atoms with E-state index in [9.17, 15) is 0 Å². The predicted octanol–water partition coefficient (Wildman–Crippen LogP) is 5.27. The molecule has 0 bridgehead atoms. The maximum Gasteiger partial charge on any atom is 0.0143 e. The van der Waals surface area contributed by atoms with Crippen LogP contribution in [0.2, 0.25) is 0 Å². The topological polar surface area (TPSA) is 12.0 Å². The molecule has 2 heteroatoms. The Morgan fingerprint density at radius 1 is 1.25 bits per heavy atom. The standard InChI is InChI=1S/C18H31NS/c1-3-5-7-15-9-11-16(12-10-15)18(19-4-2)14-17-8-6-13-20-17/h6,8,13,15-16,18-19H,3-5,7,9-12,14H2,1-2H3. The lowest BCUT2D eigenvalue weighted by Crippen LogP contribution is -2.39. The van der Waals surface area contributed by atoms with Gasteiger partial charge in [0.25, 0.3) is 0 Å². The average Bonchev–Trinajstić information content (AvgIpc) is 2.98. The molecule has 114 valence electrons. The lowest BCUT2D eigenvalue weighted by Gasteiger charge is -2.34. The van der Waals surface area contributed by atoms with Gasteiger partial charge in [-0.3, -0.25) is 0 Å². The van der Waals surface area contributed by atoms with Crippen LogP contribution in [0.15, 0.2) is 17.5 Å². The van der Waals surface area contributed by atoms with Crippen LogP contribution < -0.4 is 5.32 Å². The molecule has 0 saturated heterocycles. The number of thiophene rings is 1. The fraction of sp³-hybridized carbons (Fsp3) is 0.778. The Balaban J connectivity index is 1.81. The molecule has 1 fully saturated rings. The van der Waals surface area contributed by atoms with Gasteiger partial charge in [-0.15, -0.1) is 11.3 Å². The Morgan fingerprint density at radius 3 is 2.65 bits per heavy atom. The molecule has 20 heavy (non-hydrogen) atoms. The molecule has 1 heterocycles. The van der Waals surface area contributed by atoms with Crippen molar-refractivity contribution in [2.45, 2.75) is 71.3 Å². The van der Waals surface area contributed by atoms with Crippen molar-refractivity contribution in [2.24, 2.45) is 11.8 Å². The quantitative estimate of drug-likeness (QED) is 0.689. The second-order valence-corrected chi connectivity index (χ2v) is 7.40. The zero-order chi connectivity index (χ0) is 14.2.